The second-order valence-electron chi connectivity index (χ2n) is 5.45. The molecule has 1 aromatic heterocycles. The van der Waals surface area contributed by atoms with E-state index < -0.39 is 0 Å². The lowest BCUT2D eigenvalue weighted by Gasteiger charge is -2.12. The molecule has 138 valence electrons. The van der Waals surface area contributed by atoms with Gasteiger partial charge in [-0.1, -0.05) is 30.3 Å². The number of benzene rings is 2. The van der Waals surface area contributed by atoms with E-state index in [0.717, 1.165) is 0 Å². The maximum Gasteiger partial charge on any atom is 0.226 e. The molecule has 8 heteroatoms. The van der Waals surface area contributed by atoms with Gasteiger partial charge in [0.25, 0.3) is 0 Å². The molecule has 3 rings (SSSR count). The van der Waals surface area contributed by atoms with Gasteiger partial charge in [-0.25, -0.2) is 9.97 Å². The minimum Gasteiger partial charge on any atom is -0.497 e. The second-order valence-corrected chi connectivity index (χ2v) is 6.12. The van der Waals surface area contributed by atoms with Gasteiger partial charge in [-0.3, -0.25) is 4.79 Å². The number of ether oxygens (including phenoxy) is 2. The Morgan fingerprint density at radius 3 is 2.37 bits per heavy atom. The highest BCUT2D eigenvalue weighted by Gasteiger charge is 2.16. The van der Waals surface area contributed by atoms with Crippen LogP contribution in [0.5, 0.6) is 11.5 Å². The number of hydrogen-bond acceptors (Lipinski definition) is 6. The van der Waals surface area contributed by atoms with Crippen LogP contribution in [0.2, 0.25) is 10.6 Å². The molecule has 0 atom stereocenters. The number of nitrogens with zero attached hydrogens (tertiary/aromatic N) is 3. The highest BCUT2D eigenvalue weighted by molar-refractivity contribution is 6.31. The van der Waals surface area contributed by atoms with Crippen LogP contribution < -0.4 is 9.47 Å². The molecule has 3 aromatic rings. The summed E-state index contributed by atoms with van der Waals surface area (Å²) in [7, 11) is 1.55. The van der Waals surface area contributed by atoms with Crippen molar-refractivity contribution >= 4 is 29.0 Å². The standard InChI is InChI=1S/C19H15Cl2N3O3/c1-26-13-7-8-14(17(25)12-5-3-2-4-6-12)15(11-13)27-10-9-16-22-18(20)24-19(21)23-16/h2-8,11H,9-10H2,1H3. The maximum absolute atomic E-state index is 12.8. The zero-order valence-electron chi connectivity index (χ0n) is 14.4. The lowest BCUT2D eigenvalue weighted by atomic mass is 10.0. The summed E-state index contributed by atoms with van der Waals surface area (Å²) in [4.78, 5) is 24.5. The van der Waals surface area contributed by atoms with Gasteiger partial charge >= 0.3 is 0 Å². The van der Waals surface area contributed by atoms with Crippen molar-refractivity contribution in [2.45, 2.75) is 6.42 Å². The van der Waals surface area contributed by atoms with E-state index in [2.05, 4.69) is 15.0 Å². The lowest BCUT2D eigenvalue weighted by molar-refractivity contribution is 0.103. The number of aromatic nitrogens is 3. The molecule has 1 heterocycles. The van der Waals surface area contributed by atoms with Gasteiger partial charge < -0.3 is 9.47 Å². The van der Waals surface area contributed by atoms with E-state index in [1.54, 1.807) is 37.4 Å². The molecular weight excluding hydrogens is 389 g/mol. The van der Waals surface area contributed by atoms with Crippen LogP contribution in [0, 0.1) is 0 Å². The summed E-state index contributed by atoms with van der Waals surface area (Å²) in [5, 5.41) is 0.0395. The predicted octanol–water partition coefficient (Wildman–Crippen LogP) is 4.04. The van der Waals surface area contributed by atoms with Gasteiger partial charge in [0.15, 0.2) is 5.78 Å². The molecule has 0 unspecified atom stereocenters. The van der Waals surface area contributed by atoms with Gasteiger partial charge in [-0.2, -0.15) is 4.98 Å². The molecule has 0 amide bonds. The zero-order valence-corrected chi connectivity index (χ0v) is 15.9. The van der Waals surface area contributed by atoms with Crippen LogP contribution in [0.3, 0.4) is 0 Å². The maximum atomic E-state index is 12.8. The van der Waals surface area contributed by atoms with Crippen molar-refractivity contribution < 1.29 is 14.3 Å². The van der Waals surface area contributed by atoms with Gasteiger partial charge in [-0.05, 0) is 35.3 Å². The summed E-state index contributed by atoms with van der Waals surface area (Å²) in [6.07, 6.45) is 0.345. The number of ketones is 1. The summed E-state index contributed by atoms with van der Waals surface area (Å²) in [6.45, 7) is 0.221. The zero-order chi connectivity index (χ0) is 19.2. The third-order valence-electron chi connectivity index (χ3n) is 3.68. The van der Waals surface area contributed by atoms with Crippen molar-refractivity contribution in [3.63, 3.8) is 0 Å². The average Bonchev–Trinajstić information content (AvgIpc) is 2.67. The highest BCUT2D eigenvalue weighted by atomic mass is 35.5. The number of carbonyl (C=O) groups is 1. The van der Waals surface area contributed by atoms with E-state index in [1.807, 2.05) is 18.2 Å². The third-order valence-corrected chi connectivity index (χ3v) is 4.02. The molecule has 2 aromatic carbocycles. The Balaban J connectivity index is 1.79. The summed E-state index contributed by atoms with van der Waals surface area (Å²) < 4.78 is 11.1. The third kappa shape index (κ3) is 4.93. The summed E-state index contributed by atoms with van der Waals surface area (Å²) in [5.74, 6) is 1.26. The van der Waals surface area contributed by atoms with E-state index in [0.29, 0.717) is 34.9 Å². The molecule has 0 aliphatic rings. The fourth-order valence-electron chi connectivity index (χ4n) is 2.41. The number of carbonyl (C=O) groups excluding carboxylic acids is 1. The lowest BCUT2D eigenvalue weighted by Crippen LogP contribution is -2.10. The topological polar surface area (TPSA) is 74.2 Å². The van der Waals surface area contributed by atoms with Crippen LogP contribution in [-0.4, -0.2) is 34.5 Å². The molecule has 6 nitrogen and oxygen atoms in total. The Morgan fingerprint density at radius 2 is 1.70 bits per heavy atom. The van der Waals surface area contributed by atoms with Crippen LogP contribution in [0.25, 0.3) is 0 Å². The van der Waals surface area contributed by atoms with Crippen molar-refractivity contribution in [1.82, 2.24) is 15.0 Å². The van der Waals surface area contributed by atoms with Gasteiger partial charge in [0.2, 0.25) is 10.6 Å². The van der Waals surface area contributed by atoms with Gasteiger partial charge in [-0.15, -0.1) is 0 Å². The Labute approximate surface area is 166 Å². The minimum absolute atomic E-state index is 0.0197. The van der Waals surface area contributed by atoms with Gasteiger partial charge in [0.05, 0.1) is 19.3 Å². The van der Waals surface area contributed by atoms with Crippen LogP contribution in [0.1, 0.15) is 21.7 Å². The van der Waals surface area contributed by atoms with Crippen LogP contribution in [0.4, 0.5) is 0 Å². The summed E-state index contributed by atoms with van der Waals surface area (Å²) >= 11 is 11.5. The molecule has 0 radical (unpaired) electrons. The highest BCUT2D eigenvalue weighted by Crippen LogP contribution is 2.27. The van der Waals surface area contributed by atoms with Crippen LogP contribution in [0.15, 0.2) is 48.5 Å². The fourth-order valence-corrected chi connectivity index (χ4v) is 2.81. The Morgan fingerprint density at radius 1 is 1.00 bits per heavy atom. The van der Waals surface area contributed by atoms with E-state index in [4.69, 9.17) is 32.7 Å². The van der Waals surface area contributed by atoms with Gasteiger partial charge in [0.1, 0.15) is 17.3 Å². The molecule has 0 fully saturated rings. The van der Waals surface area contributed by atoms with Crippen LogP contribution in [-0.2, 0) is 6.42 Å². The number of hydrogen-bond donors (Lipinski definition) is 0. The van der Waals surface area contributed by atoms with Gasteiger partial charge in [0, 0.05) is 18.1 Å². The number of rotatable bonds is 7. The first-order valence-electron chi connectivity index (χ1n) is 8.03. The van der Waals surface area contributed by atoms with Crippen molar-refractivity contribution in [2.24, 2.45) is 0 Å². The van der Waals surface area contributed by atoms with E-state index in [1.165, 1.54) is 0 Å². The Kier molecular flexibility index (Phi) is 6.21. The second kappa shape index (κ2) is 8.79. The molecule has 27 heavy (non-hydrogen) atoms. The summed E-state index contributed by atoms with van der Waals surface area (Å²) in [6, 6.07) is 14.1. The van der Waals surface area contributed by atoms with Crippen LogP contribution >= 0.6 is 23.2 Å². The largest absolute Gasteiger partial charge is 0.497 e. The van der Waals surface area contributed by atoms with E-state index in [9.17, 15) is 4.79 Å². The molecular formula is C19H15Cl2N3O3. The molecule has 0 spiro atoms. The first-order chi connectivity index (χ1) is 13.1. The molecule has 0 N–H and O–H groups in total. The first-order valence-corrected chi connectivity index (χ1v) is 8.79. The smallest absolute Gasteiger partial charge is 0.226 e. The number of halogens is 2. The monoisotopic (exact) mass is 403 g/mol. The van der Waals surface area contributed by atoms with E-state index >= 15 is 0 Å². The molecule has 0 bridgehead atoms. The fraction of sp³-hybridized carbons (Fsp3) is 0.158. The average molecular weight is 404 g/mol. The van der Waals surface area contributed by atoms with Crippen molar-refractivity contribution in [3.8, 4) is 11.5 Å². The van der Waals surface area contributed by atoms with E-state index in [-0.39, 0.29) is 23.0 Å². The molecule has 0 saturated heterocycles. The van der Waals surface area contributed by atoms with Crippen molar-refractivity contribution in [1.29, 1.82) is 0 Å². The van der Waals surface area contributed by atoms with Crippen molar-refractivity contribution in [3.05, 3.63) is 76.0 Å². The Hall–Kier alpha value is -2.70. The Bertz CT molecular complexity index is 932. The summed E-state index contributed by atoms with van der Waals surface area (Å²) in [5.41, 5.74) is 1.01. The SMILES string of the molecule is COc1ccc(C(=O)c2ccccc2)c(OCCc2nc(Cl)nc(Cl)n2)c1. The normalized spacial score (nSPS) is 10.5. The first kappa shape index (κ1) is 19.1. The molecule has 0 aliphatic heterocycles. The van der Waals surface area contributed by atoms with Crippen molar-refractivity contribution in [2.75, 3.05) is 13.7 Å². The molecule has 0 aliphatic carbocycles. The molecule has 0 saturated carbocycles. The quantitative estimate of drug-likeness (QED) is 0.554. The predicted molar refractivity (Wildman–Crippen MR) is 102 cm³/mol. The number of methoxy groups -OCH3 is 1. The minimum atomic E-state index is -0.139.